The topological polar surface area (TPSA) is 130 Å². The lowest BCUT2D eigenvalue weighted by atomic mass is 9.95. The van der Waals surface area contributed by atoms with Crippen LogP contribution in [0.2, 0.25) is 0 Å². The second-order valence-corrected chi connectivity index (χ2v) is 9.71. The number of imidazole rings is 1. The zero-order valence-corrected chi connectivity index (χ0v) is 19.5. The molecule has 168 valence electrons. The molecule has 4 N–H and O–H groups in total. The molecule has 0 spiro atoms. The van der Waals surface area contributed by atoms with Gasteiger partial charge in [-0.2, -0.15) is 0 Å². The van der Waals surface area contributed by atoms with Crippen molar-refractivity contribution in [3.8, 4) is 11.5 Å². The average molecular weight is 522 g/mol. The largest absolute Gasteiger partial charge is 0.465 e. The Hall–Kier alpha value is -2.73. The number of carbonyl (C=O) groups is 1. The van der Waals surface area contributed by atoms with E-state index in [9.17, 15) is 9.90 Å². The number of hydrogen-bond donors (Lipinski definition) is 3. The predicted octanol–water partition coefficient (Wildman–Crippen LogP) is 3.25. The fourth-order valence-corrected chi connectivity index (χ4v) is 5.45. The van der Waals surface area contributed by atoms with Gasteiger partial charge in [-0.05, 0) is 65.0 Å². The summed E-state index contributed by atoms with van der Waals surface area (Å²) in [5.74, 6) is 2.11. The van der Waals surface area contributed by atoms with Gasteiger partial charge in [0.1, 0.15) is 0 Å². The Balaban J connectivity index is 1.35. The maximum Gasteiger partial charge on any atom is 0.407 e. The van der Waals surface area contributed by atoms with E-state index < -0.39 is 6.09 Å². The first-order valence-corrected chi connectivity index (χ1v) is 11.9. The molecule has 0 aliphatic carbocycles. The fourth-order valence-electron chi connectivity index (χ4n) is 4.07. The molecule has 1 aromatic carbocycles. The number of aromatic nitrogens is 4. The van der Waals surface area contributed by atoms with Crippen LogP contribution < -0.4 is 19.8 Å². The minimum absolute atomic E-state index is 0.216. The van der Waals surface area contributed by atoms with Crippen LogP contribution in [0, 0.1) is 5.92 Å². The monoisotopic (exact) mass is 521 g/mol. The van der Waals surface area contributed by atoms with Crippen LogP contribution in [0.15, 0.2) is 33.0 Å². The minimum atomic E-state index is -0.845. The summed E-state index contributed by atoms with van der Waals surface area (Å²) in [6, 6.07) is 3.80. The van der Waals surface area contributed by atoms with Crippen molar-refractivity contribution in [3.05, 3.63) is 22.9 Å². The summed E-state index contributed by atoms with van der Waals surface area (Å²) in [5, 5.41) is 9.95. The van der Waals surface area contributed by atoms with Crippen molar-refractivity contribution >= 4 is 50.8 Å². The number of fused-ring (bicyclic) bond motifs is 2. The molecular weight excluding hydrogens is 500 g/mol. The summed E-state index contributed by atoms with van der Waals surface area (Å²) in [6.45, 7) is 2.09. The summed E-state index contributed by atoms with van der Waals surface area (Å²) in [4.78, 5) is 26.1. The standard InChI is InChI=1S/C20H21BrN6O4S/c21-12-6-13-14(31-10-30-13)7-15(12)32-19-24-16-17(22)23-9-27(18(16)25-19)5-3-11-2-1-4-26(8-11)20(28)29/h6-7,9,11H,1-5,8,10H2,(H3,22,24,25,28,29)/p+1. The maximum absolute atomic E-state index is 11.3. The lowest BCUT2D eigenvalue weighted by molar-refractivity contribution is -0.677. The van der Waals surface area contributed by atoms with Gasteiger partial charge >= 0.3 is 6.09 Å². The number of ether oxygens (including phenoxy) is 2. The average Bonchev–Trinajstić information content (AvgIpc) is 3.41. The van der Waals surface area contributed by atoms with E-state index in [0.717, 1.165) is 34.3 Å². The van der Waals surface area contributed by atoms with Gasteiger partial charge in [0.25, 0.3) is 5.65 Å². The molecule has 2 aromatic heterocycles. The first kappa shape index (κ1) is 21.1. The van der Waals surface area contributed by atoms with Gasteiger partial charge < -0.3 is 30.2 Å². The van der Waals surface area contributed by atoms with E-state index in [0.29, 0.717) is 53.5 Å². The Morgan fingerprint density at radius 1 is 1.41 bits per heavy atom. The number of hydrogen-bond acceptors (Lipinski definition) is 7. The number of nitrogens with zero attached hydrogens (tertiary/aromatic N) is 4. The highest BCUT2D eigenvalue weighted by molar-refractivity contribution is 9.10. The summed E-state index contributed by atoms with van der Waals surface area (Å²) in [6.07, 6.45) is 3.61. The first-order valence-electron chi connectivity index (χ1n) is 10.3. The van der Waals surface area contributed by atoms with Crippen LogP contribution in [-0.4, -0.2) is 50.9 Å². The van der Waals surface area contributed by atoms with E-state index in [-0.39, 0.29) is 6.79 Å². The van der Waals surface area contributed by atoms with Gasteiger partial charge in [0.2, 0.25) is 24.1 Å². The van der Waals surface area contributed by atoms with Crippen LogP contribution in [0.3, 0.4) is 0 Å². The highest BCUT2D eigenvalue weighted by Crippen LogP contribution is 2.42. The van der Waals surface area contributed by atoms with Gasteiger partial charge in [0.15, 0.2) is 17.0 Å². The number of H-pyrrole nitrogens is 1. The van der Waals surface area contributed by atoms with Gasteiger partial charge in [-0.25, -0.2) is 9.36 Å². The van der Waals surface area contributed by atoms with Gasteiger partial charge in [0, 0.05) is 22.5 Å². The van der Waals surface area contributed by atoms with Crippen LogP contribution in [0.5, 0.6) is 11.5 Å². The SMILES string of the molecule is Nc1nc[n+](CCC2CCCN(C(=O)O)C2)c2nc(Sc3cc4c(cc3Br)OCO4)[nH]c12. The van der Waals surface area contributed by atoms with Gasteiger partial charge in [-0.15, -0.1) is 0 Å². The van der Waals surface area contributed by atoms with E-state index in [4.69, 9.17) is 20.2 Å². The van der Waals surface area contributed by atoms with Crippen LogP contribution in [0.25, 0.3) is 11.2 Å². The number of anilines is 1. The number of aromatic amines is 1. The van der Waals surface area contributed by atoms with Gasteiger partial charge in [-0.3, -0.25) is 0 Å². The Morgan fingerprint density at radius 2 is 2.22 bits per heavy atom. The van der Waals surface area contributed by atoms with E-state index in [2.05, 4.69) is 25.9 Å². The molecule has 2 aliphatic rings. The number of halogens is 1. The number of nitrogens with two attached hydrogens (primary N) is 1. The lowest BCUT2D eigenvalue weighted by Gasteiger charge is -2.30. The third-order valence-electron chi connectivity index (χ3n) is 5.73. The van der Waals surface area contributed by atoms with E-state index in [1.807, 2.05) is 16.7 Å². The van der Waals surface area contributed by atoms with Crippen LogP contribution in [0.4, 0.5) is 10.6 Å². The van der Waals surface area contributed by atoms with Crippen LogP contribution >= 0.6 is 27.7 Å². The second kappa shape index (κ2) is 8.66. The summed E-state index contributed by atoms with van der Waals surface area (Å²) in [7, 11) is 0. The zero-order chi connectivity index (χ0) is 22.2. The second-order valence-electron chi connectivity index (χ2n) is 7.83. The Bertz CT molecular complexity index is 1190. The molecule has 0 saturated carbocycles. The summed E-state index contributed by atoms with van der Waals surface area (Å²) >= 11 is 5.03. The van der Waals surface area contributed by atoms with Crippen LogP contribution in [0.1, 0.15) is 19.3 Å². The van der Waals surface area contributed by atoms with Gasteiger partial charge in [0.05, 0.1) is 6.54 Å². The molecule has 2 aliphatic heterocycles. The molecule has 1 fully saturated rings. The zero-order valence-electron chi connectivity index (χ0n) is 17.1. The quantitative estimate of drug-likeness (QED) is 0.436. The van der Waals surface area contributed by atoms with Crippen molar-refractivity contribution < 1.29 is 23.9 Å². The molecule has 12 heteroatoms. The lowest BCUT2D eigenvalue weighted by Crippen LogP contribution is -2.42. The molecule has 1 amide bonds. The van der Waals surface area contributed by atoms with Crippen LogP contribution in [-0.2, 0) is 6.54 Å². The number of nitrogens with one attached hydrogen (secondary N) is 1. The molecule has 0 bridgehead atoms. The molecular formula is C20H22BrN6O4S+. The van der Waals surface area contributed by atoms with Crippen molar-refractivity contribution in [2.24, 2.45) is 5.92 Å². The fraction of sp³-hybridized carbons (Fsp3) is 0.400. The molecule has 1 saturated heterocycles. The first-order chi connectivity index (χ1) is 15.5. The number of rotatable bonds is 5. The number of nitrogen functional groups attached to an aromatic ring is 1. The van der Waals surface area contributed by atoms with E-state index in [1.165, 1.54) is 16.7 Å². The third-order valence-corrected chi connectivity index (χ3v) is 7.59. The van der Waals surface area contributed by atoms with E-state index in [1.54, 1.807) is 6.33 Å². The molecule has 10 nitrogen and oxygen atoms in total. The summed E-state index contributed by atoms with van der Waals surface area (Å²) in [5.41, 5.74) is 7.51. The maximum atomic E-state index is 11.3. The minimum Gasteiger partial charge on any atom is -0.465 e. The Labute approximate surface area is 196 Å². The number of piperidine rings is 1. The Morgan fingerprint density at radius 3 is 3.03 bits per heavy atom. The number of amides is 1. The number of likely N-dealkylation sites (tertiary alicyclic amines) is 1. The third kappa shape index (κ3) is 4.16. The smallest absolute Gasteiger partial charge is 0.407 e. The van der Waals surface area contributed by atoms with Crippen molar-refractivity contribution in [1.82, 2.24) is 19.9 Å². The van der Waals surface area contributed by atoms with Gasteiger partial charge in [-0.1, -0.05) is 9.97 Å². The Kier molecular flexibility index (Phi) is 5.72. The molecule has 1 atom stereocenters. The highest BCUT2D eigenvalue weighted by Gasteiger charge is 2.25. The van der Waals surface area contributed by atoms with E-state index >= 15 is 0 Å². The molecule has 0 radical (unpaired) electrons. The molecule has 3 aromatic rings. The number of benzene rings is 1. The molecule has 32 heavy (non-hydrogen) atoms. The van der Waals surface area contributed by atoms with Crippen molar-refractivity contribution in [2.75, 3.05) is 25.6 Å². The molecule has 4 heterocycles. The number of carboxylic acid groups (broad SMARTS) is 1. The highest BCUT2D eigenvalue weighted by atomic mass is 79.9. The summed E-state index contributed by atoms with van der Waals surface area (Å²) < 4.78 is 13.7. The van der Waals surface area contributed by atoms with Crippen molar-refractivity contribution in [3.63, 3.8) is 0 Å². The van der Waals surface area contributed by atoms with Crippen molar-refractivity contribution in [2.45, 2.75) is 35.9 Å². The number of aryl methyl sites for hydroxylation is 1. The normalized spacial score (nSPS) is 17.8. The predicted molar refractivity (Wildman–Crippen MR) is 120 cm³/mol. The van der Waals surface area contributed by atoms with Crippen molar-refractivity contribution in [1.29, 1.82) is 0 Å². The molecule has 5 rings (SSSR count). The molecule has 1 unspecified atom stereocenters.